The molecule has 5 N–H and O–H groups in total. The smallest absolute Gasteiger partial charge is 0.417 e. The van der Waals surface area contributed by atoms with Crippen LogP contribution in [0.3, 0.4) is 0 Å². The van der Waals surface area contributed by atoms with Crippen LogP contribution in [0.1, 0.15) is 13.8 Å². The van der Waals surface area contributed by atoms with Crippen LogP contribution in [0.2, 0.25) is 0 Å². The zero-order valence-electron chi connectivity index (χ0n) is 37.6. The van der Waals surface area contributed by atoms with Crippen molar-refractivity contribution in [3.63, 3.8) is 0 Å². The molecule has 0 aliphatic heterocycles. The van der Waals surface area contributed by atoms with Gasteiger partial charge in [0.05, 0.1) is 32.8 Å². The molecule has 0 saturated carbocycles. The highest BCUT2D eigenvalue weighted by Gasteiger charge is 2.19. The van der Waals surface area contributed by atoms with E-state index in [1.807, 2.05) is 19.9 Å². The number of ether oxygens (including phenoxy) is 4. The molecule has 0 aromatic heterocycles. The Kier molecular flexibility index (Phi) is 19.9. The zero-order valence-corrected chi connectivity index (χ0v) is 40.0. The quantitative estimate of drug-likeness (QED) is 0.0421. The number of rotatable bonds is 17. The van der Waals surface area contributed by atoms with Crippen molar-refractivity contribution in [1.82, 2.24) is 0 Å². The maximum Gasteiger partial charge on any atom is 0.417 e. The monoisotopic (exact) mass is 1010 g/mol. The number of hydrogen-bond donors (Lipinski definition) is 5. The van der Waals surface area contributed by atoms with Gasteiger partial charge in [-0.1, -0.05) is 38.1 Å². The summed E-state index contributed by atoms with van der Waals surface area (Å²) in [6.45, 7) is 5.04. The van der Waals surface area contributed by atoms with Crippen LogP contribution in [-0.2, 0) is 35.5 Å². The van der Waals surface area contributed by atoms with E-state index in [1.54, 1.807) is 72.8 Å². The predicted molar refractivity (Wildman–Crippen MR) is 262 cm³/mol. The van der Waals surface area contributed by atoms with E-state index in [2.05, 4.69) is 16.0 Å². The standard InChI is InChI=1S/C28H26O9S2.C20H17N3O5S.C2H6/c29-21-1-9-25(10-2-21)38(31,32)27-13-5-23(6-14-27)36-19-17-35-18-20-37-24-7-15-28(16-8-24)39(33,34)26-11-3-22(30)4-12-26;24-19(21-14-9-11-18(12-10-14)29(26)27)22-15-5-4-6-16(13-15)23-20(25)28-17-7-2-1-3-8-17;1-2/h1-16,29-30H,17-20H2;1-13H,(H,23,25)(H,26,27)(H2,21,22,24);1-2H3/p-1. The van der Waals surface area contributed by atoms with Gasteiger partial charge in [0.15, 0.2) is 0 Å². The maximum absolute atomic E-state index is 12.7. The molecule has 3 amide bonds. The van der Waals surface area contributed by atoms with E-state index in [0.717, 1.165) is 0 Å². The Morgan fingerprint density at radius 2 is 0.914 bits per heavy atom. The highest BCUT2D eigenvalue weighted by atomic mass is 32.2. The minimum Gasteiger partial charge on any atom is -0.768 e. The van der Waals surface area contributed by atoms with Crippen molar-refractivity contribution in [2.45, 2.75) is 38.3 Å². The molecule has 0 aliphatic carbocycles. The number of hydrogen-bond acceptors (Lipinski definition) is 14. The zero-order chi connectivity index (χ0) is 50.5. The molecule has 0 bridgehead atoms. The number of phenolic OH excluding ortho intramolecular Hbond substituents is 2. The summed E-state index contributed by atoms with van der Waals surface area (Å²) >= 11 is -2.33. The summed E-state index contributed by atoms with van der Waals surface area (Å²) in [5.41, 5.74) is 1.31. The minimum absolute atomic E-state index is 0.0130. The van der Waals surface area contributed by atoms with E-state index in [-0.39, 0.29) is 62.4 Å². The van der Waals surface area contributed by atoms with E-state index < -0.39 is 42.9 Å². The average molecular weight is 1010 g/mol. The average Bonchev–Trinajstić information content (AvgIpc) is 3.35. The number of carbonyl (C=O) groups excluding carboxylic acids is 2. The first-order valence-corrected chi connectivity index (χ1v) is 25.2. The molecular formula is C50H48N3O14S3-. The summed E-state index contributed by atoms with van der Waals surface area (Å²) in [6.07, 6.45) is -0.659. The third kappa shape index (κ3) is 16.2. The van der Waals surface area contributed by atoms with E-state index in [9.17, 15) is 45.4 Å². The van der Waals surface area contributed by atoms with Gasteiger partial charge in [-0.25, -0.2) is 26.4 Å². The van der Waals surface area contributed by atoms with Crippen LogP contribution in [0.4, 0.5) is 26.7 Å². The van der Waals surface area contributed by atoms with Crippen LogP contribution >= 0.6 is 0 Å². The highest BCUT2D eigenvalue weighted by Crippen LogP contribution is 2.26. The van der Waals surface area contributed by atoms with Crippen LogP contribution in [0.25, 0.3) is 0 Å². The van der Waals surface area contributed by atoms with Gasteiger partial charge < -0.3 is 44.3 Å². The Hall–Kier alpha value is -7.75. The van der Waals surface area contributed by atoms with Crippen molar-refractivity contribution in [2.24, 2.45) is 0 Å². The van der Waals surface area contributed by atoms with Gasteiger partial charge in [0, 0.05) is 22.0 Å². The van der Waals surface area contributed by atoms with E-state index >= 15 is 0 Å². The lowest BCUT2D eigenvalue weighted by atomic mass is 10.3. The molecule has 20 heteroatoms. The van der Waals surface area contributed by atoms with Crippen molar-refractivity contribution in [3.05, 3.63) is 176 Å². The van der Waals surface area contributed by atoms with Gasteiger partial charge in [0.2, 0.25) is 19.7 Å². The van der Waals surface area contributed by atoms with Crippen LogP contribution < -0.4 is 30.2 Å². The first-order chi connectivity index (χ1) is 33.6. The van der Waals surface area contributed by atoms with Gasteiger partial charge in [-0.15, -0.1) is 0 Å². The van der Waals surface area contributed by atoms with Gasteiger partial charge in [0.25, 0.3) is 0 Å². The first kappa shape index (κ1) is 53.2. The third-order valence-corrected chi connectivity index (χ3v) is 13.4. The first-order valence-electron chi connectivity index (χ1n) is 21.2. The summed E-state index contributed by atoms with van der Waals surface area (Å²) in [7, 11) is -7.40. The van der Waals surface area contributed by atoms with Gasteiger partial charge in [-0.3, -0.25) is 9.53 Å². The third-order valence-electron chi connectivity index (χ3n) is 9.18. The molecule has 0 aliphatic rings. The number of urea groups is 1. The summed E-state index contributed by atoms with van der Waals surface area (Å²) < 4.78 is 94.1. The predicted octanol–water partition coefficient (Wildman–Crippen LogP) is 9.44. The molecule has 0 fully saturated rings. The molecule has 0 radical (unpaired) electrons. The second-order valence-corrected chi connectivity index (χ2v) is 18.8. The summed E-state index contributed by atoms with van der Waals surface area (Å²) in [5, 5.41) is 26.5. The van der Waals surface area contributed by atoms with E-state index in [0.29, 0.717) is 34.3 Å². The topological polar surface area (TPSA) is 256 Å². The normalized spacial score (nSPS) is 11.2. The lowest BCUT2D eigenvalue weighted by Crippen LogP contribution is -2.20. The largest absolute Gasteiger partial charge is 0.768 e. The summed E-state index contributed by atoms with van der Waals surface area (Å²) in [5.74, 6) is 1.36. The van der Waals surface area contributed by atoms with Gasteiger partial charge in [-0.2, -0.15) is 0 Å². The fourth-order valence-corrected chi connectivity index (χ4v) is 8.73. The Labute approximate surface area is 407 Å². The van der Waals surface area contributed by atoms with Crippen molar-refractivity contribution in [1.29, 1.82) is 0 Å². The van der Waals surface area contributed by atoms with E-state index in [4.69, 9.17) is 18.9 Å². The summed E-state index contributed by atoms with van der Waals surface area (Å²) in [6, 6.07) is 43.0. The Bertz CT molecular complexity index is 2890. The fourth-order valence-electron chi connectivity index (χ4n) is 5.85. The molecule has 0 saturated heterocycles. The highest BCUT2D eigenvalue weighted by molar-refractivity contribution is 7.91. The van der Waals surface area contributed by atoms with E-state index in [1.165, 1.54) is 97.1 Å². The van der Waals surface area contributed by atoms with Crippen molar-refractivity contribution in [2.75, 3.05) is 42.4 Å². The molecule has 7 rings (SSSR count). The Morgan fingerprint density at radius 1 is 0.500 bits per heavy atom. The van der Waals surface area contributed by atoms with Crippen LogP contribution in [-0.4, -0.2) is 74.4 Å². The molecule has 1 atom stereocenters. The van der Waals surface area contributed by atoms with Gasteiger partial charge in [0.1, 0.15) is 42.0 Å². The maximum atomic E-state index is 12.7. The number of nitrogens with one attached hydrogen (secondary N) is 3. The van der Waals surface area contributed by atoms with Gasteiger partial charge in [-0.05, 0) is 163 Å². The molecule has 366 valence electrons. The van der Waals surface area contributed by atoms with Crippen LogP contribution in [0.5, 0.6) is 28.7 Å². The van der Waals surface area contributed by atoms with Crippen molar-refractivity contribution >= 4 is 59.9 Å². The Balaban J connectivity index is 0.000000262. The lowest BCUT2D eigenvalue weighted by molar-refractivity contribution is 0.0764. The van der Waals surface area contributed by atoms with Crippen LogP contribution in [0.15, 0.2) is 200 Å². The number of amides is 3. The second kappa shape index (κ2) is 26.1. The SMILES string of the molecule is CC.O=C(Nc1ccc(S(=O)[O-])cc1)Nc1cccc(NC(=O)Oc2ccccc2)c1.O=S(=O)(c1ccc(O)cc1)c1ccc(OCCOCCOc2ccc(S(=O)(=O)c3ccc(O)cc3)cc2)cc1. The molecule has 7 aromatic rings. The van der Waals surface area contributed by atoms with Crippen molar-refractivity contribution in [3.8, 4) is 28.7 Å². The van der Waals surface area contributed by atoms with Crippen molar-refractivity contribution < 1.29 is 64.3 Å². The number of anilines is 3. The number of sulfone groups is 2. The fraction of sp³-hybridized carbons (Fsp3) is 0.120. The molecule has 17 nitrogen and oxygen atoms in total. The number of carbonyl (C=O) groups is 2. The van der Waals surface area contributed by atoms with Gasteiger partial charge >= 0.3 is 12.1 Å². The molecule has 7 aromatic carbocycles. The molecule has 0 spiro atoms. The minimum atomic E-state index is -3.70. The molecular weight excluding hydrogens is 963 g/mol. The summed E-state index contributed by atoms with van der Waals surface area (Å²) in [4.78, 5) is 24.6. The Morgan fingerprint density at radius 3 is 1.36 bits per heavy atom. The molecule has 1 unspecified atom stereocenters. The van der Waals surface area contributed by atoms with Crippen LogP contribution in [0, 0.1) is 0 Å². The number of benzene rings is 7. The number of aromatic hydroxyl groups is 2. The molecule has 0 heterocycles. The second-order valence-electron chi connectivity index (χ2n) is 14.0. The molecule has 70 heavy (non-hydrogen) atoms. The number of phenols is 2. The lowest BCUT2D eigenvalue weighted by Gasteiger charge is -2.11. The number of para-hydroxylation sites is 1.